The van der Waals surface area contributed by atoms with E-state index in [4.69, 9.17) is 10.2 Å². The first kappa shape index (κ1) is 11.7. The van der Waals surface area contributed by atoms with Crippen LogP contribution in [0.4, 0.5) is 0 Å². The van der Waals surface area contributed by atoms with E-state index >= 15 is 0 Å². The quantitative estimate of drug-likeness (QED) is 0.580. The van der Waals surface area contributed by atoms with Gasteiger partial charge < -0.3 is 15.5 Å². The van der Waals surface area contributed by atoms with E-state index in [2.05, 4.69) is 10.4 Å². The lowest BCUT2D eigenvalue weighted by Crippen LogP contribution is -2.37. The van der Waals surface area contributed by atoms with Crippen LogP contribution in [0.5, 0.6) is 0 Å². The Morgan fingerprint density at radius 2 is 2.40 bits per heavy atom. The number of hydrogen-bond donors (Lipinski definition) is 3. The zero-order chi connectivity index (χ0) is 11.3. The average molecular weight is 213 g/mol. The maximum absolute atomic E-state index is 11.5. The fourth-order valence-electron chi connectivity index (χ4n) is 1.06. The van der Waals surface area contributed by atoms with Crippen molar-refractivity contribution in [3.8, 4) is 0 Å². The first-order chi connectivity index (χ1) is 7.15. The van der Waals surface area contributed by atoms with Gasteiger partial charge in [0.15, 0.2) is 0 Å². The molecule has 0 saturated carbocycles. The lowest BCUT2D eigenvalue weighted by molar-refractivity contribution is -0.124. The summed E-state index contributed by atoms with van der Waals surface area (Å²) in [6.07, 6.45) is 2.36. The molecule has 0 spiro atoms. The van der Waals surface area contributed by atoms with Crippen LogP contribution in [0.2, 0.25) is 0 Å². The van der Waals surface area contributed by atoms with Crippen LogP contribution in [0.25, 0.3) is 0 Å². The summed E-state index contributed by atoms with van der Waals surface area (Å²) in [6, 6.07) is 1.30. The van der Waals surface area contributed by atoms with E-state index in [0.29, 0.717) is 0 Å². The van der Waals surface area contributed by atoms with Crippen molar-refractivity contribution >= 4 is 5.91 Å². The van der Waals surface area contributed by atoms with Crippen molar-refractivity contribution in [2.75, 3.05) is 13.2 Å². The van der Waals surface area contributed by atoms with Gasteiger partial charge in [-0.3, -0.25) is 9.48 Å². The van der Waals surface area contributed by atoms with E-state index in [1.807, 2.05) is 0 Å². The third-order valence-corrected chi connectivity index (χ3v) is 2.02. The molecule has 2 atom stereocenters. The Bertz CT molecular complexity index is 300. The van der Waals surface area contributed by atoms with E-state index < -0.39 is 12.1 Å². The number of hydrogen-bond acceptors (Lipinski definition) is 4. The Labute approximate surface area is 87.5 Å². The molecule has 15 heavy (non-hydrogen) atoms. The van der Waals surface area contributed by atoms with Crippen LogP contribution in [0.3, 0.4) is 0 Å². The highest BCUT2D eigenvalue weighted by Gasteiger charge is 2.15. The summed E-state index contributed by atoms with van der Waals surface area (Å²) in [5, 5.41) is 24.0. The predicted octanol–water partition coefficient (Wildman–Crippen LogP) is -1.09. The van der Waals surface area contributed by atoms with Gasteiger partial charge in [-0.25, -0.2) is 0 Å². The molecule has 0 aliphatic rings. The Kier molecular flexibility index (Phi) is 4.26. The average Bonchev–Trinajstić information content (AvgIpc) is 2.77. The molecule has 1 aromatic rings. The molecule has 2 unspecified atom stereocenters. The van der Waals surface area contributed by atoms with Gasteiger partial charge in [0.25, 0.3) is 0 Å². The summed E-state index contributed by atoms with van der Waals surface area (Å²) < 4.78 is 1.51. The summed E-state index contributed by atoms with van der Waals surface area (Å²) in [5.74, 6) is -0.244. The summed E-state index contributed by atoms with van der Waals surface area (Å²) in [5.41, 5.74) is 0. The lowest BCUT2D eigenvalue weighted by Gasteiger charge is -2.14. The van der Waals surface area contributed by atoms with Crippen molar-refractivity contribution in [3.05, 3.63) is 18.5 Å². The van der Waals surface area contributed by atoms with Crippen LogP contribution >= 0.6 is 0 Å². The normalized spacial score (nSPS) is 14.6. The second kappa shape index (κ2) is 5.47. The van der Waals surface area contributed by atoms with Crippen LogP contribution in [0.15, 0.2) is 18.5 Å². The van der Waals surface area contributed by atoms with E-state index in [1.54, 1.807) is 25.4 Å². The topological polar surface area (TPSA) is 87.4 Å². The first-order valence-electron chi connectivity index (χ1n) is 4.71. The minimum atomic E-state index is -0.918. The van der Waals surface area contributed by atoms with E-state index in [9.17, 15) is 4.79 Å². The maximum atomic E-state index is 11.5. The molecule has 0 saturated heterocycles. The number of rotatable bonds is 5. The molecule has 84 valence electrons. The van der Waals surface area contributed by atoms with Gasteiger partial charge in [0.2, 0.25) is 5.91 Å². The molecule has 0 aliphatic heterocycles. The highest BCUT2D eigenvalue weighted by molar-refractivity contribution is 5.79. The molecular weight excluding hydrogens is 198 g/mol. The molecule has 1 rings (SSSR count). The Morgan fingerprint density at radius 1 is 1.67 bits per heavy atom. The molecule has 1 heterocycles. The van der Waals surface area contributed by atoms with Gasteiger partial charge in [0.05, 0.1) is 12.7 Å². The number of carbonyl (C=O) groups is 1. The Hall–Kier alpha value is -1.40. The molecule has 0 aromatic carbocycles. The number of aromatic nitrogens is 2. The predicted molar refractivity (Wildman–Crippen MR) is 53.0 cm³/mol. The molecule has 0 aliphatic carbocycles. The number of nitrogens with one attached hydrogen (secondary N) is 1. The molecule has 0 fully saturated rings. The van der Waals surface area contributed by atoms with E-state index in [0.717, 1.165) is 0 Å². The van der Waals surface area contributed by atoms with Crippen molar-refractivity contribution in [3.63, 3.8) is 0 Å². The van der Waals surface area contributed by atoms with Gasteiger partial charge in [0, 0.05) is 18.9 Å². The van der Waals surface area contributed by atoms with Crippen LogP contribution in [0, 0.1) is 0 Å². The van der Waals surface area contributed by atoms with Crippen molar-refractivity contribution in [2.24, 2.45) is 0 Å². The number of aliphatic hydroxyl groups excluding tert-OH is 2. The largest absolute Gasteiger partial charge is 0.394 e. The molecule has 0 radical (unpaired) electrons. The zero-order valence-electron chi connectivity index (χ0n) is 8.50. The second-order valence-corrected chi connectivity index (χ2v) is 3.24. The van der Waals surface area contributed by atoms with Gasteiger partial charge in [-0.2, -0.15) is 5.10 Å². The molecule has 6 heteroatoms. The number of nitrogens with zero attached hydrogens (tertiary/aromatic N) is 2. The molecule has 3 N–H and O–H groups in total. The second-order valence-electron chi connectivity index (χ2n) is 3.24. The number of carbonyl (C=O) groups excluding carboxylic acids is 1. The van der Waals surface area contributed by atoms with Gasteiger partial charge in [-0.05, 0) is 13.0 Å². The van der Waals surface area contributed by atoms with Crippen LogP contribution < -0.4 is 5.32 Å². The minimum absolute atomic E-state index is 0.0426. The minimum Gasteiger partial charge on any atom is -0.394 e. The van der Waals surface area contributed by atoms with Gasteiger partial charge >= 0.3 is 0 Å². The number of amides is 1. The van der Waals surface area contributed by atoms with Gasteiger partial charge in [-0.1, -0.05) is 0 Å². The summed E-state index contributed by atoms with van der Waals surface area (Å²) in [4.78, 5) is 11.5. The van der Waals surface area contributed by atoms with Crippen LogP contribution in [-0.2, 0) is 4.79 Å². The third-order valence-electron chi connectivity index (χ3n) is 2.02. The molecule has 6 nitrogen and oxygen atoms in total. The Morgan fingerprint density at radius 3 is 2.93 bits per heavy atom. The van der Waals surface area contributed by atoms with Crippen molar-refractivity contribution in [1.82, 2.24) is 15.1 Å². The van der Waals surface area contributed by atoms with Crippen molar-refractivity contribution < 1.29 is 15.0 Å². The highest BCUT2D eigenvalue weighted by Crippen LogP contribution is 2.02. The summed E-state index contributed by atoms with van der Waals surface area (Å²) in [6.45, 7) is 1.38. The fraction of sp³-hybridized carbons (Fsp3) is 0.556. The SMILES string of the molecule is CC(C(=O)NCC(O)CO)n1cccn1. The highest BCUT2D eigenvalue weighted by atomic mass is 16.3. The van der Waals surface area contributed by atoms with Gasteiger partial charge in [0.1, 0.15) is 6.04 Å². The fourth-order valence-corrected chi connectivity index (χ4v) is 1.06. The van der Waals surface area contributed by atoms with Crippen molar-refractivity contribution in [2.45, 2.75) is 19.1 Å². The smallest absolute Gasteiger partial charge is 0.244 e. The van der Waals surface area contributed by atoms with E-state index in [-0.39, 0.29) is 19.1 Å². The lowest BCUT2D eigenvalue weighted by atomic mass is 10.3. The molecule has 1 amide bonds. The van der Waals surface area contributed by atoms with E-state index in [1.165, 1.54) is 4.68 Å². The first-order valence-corrected chi connectivity index (χ1v) is 4.71. The number of aliphatic hydroxyl groups is 2. The standard InChI is InChI=1S/C9H15N3O3/c1-7(12-4-2-3-11-12)9(15)10-5-8(14)6-13/h2-4,7-8,13-14H,5-6H2,1H3,(H,10,15). The summed E-state index contributed by atoms with van der Waals surface area (Å²) >= 11 is 0. The monoisotopic (exact) mass is 213 g/mol. The van der Waals surface area contributed by atoms with Gasteiger partial charge in [-0.15, -0.1) is 0 Å². The maximum Gasteiger partial charge on any atom is 0.244 e. The third kappa shape index (κ3) is 3.34. The summed E-state index contributed by atoms with van der Waals surface area (Å²) in [7, 11) is 0. The molecular formula is C9H15N3O3. The van der Waals surface area contributed by atoms with Crippen LogP contribution in [-0.4, -0.2) is 45.2 Å². The molecule has 0 bridgehead atoms. The molecule has 1 aromatic heterocycles. The zero-order valence-corrected chi connectivity index (χ0v) is 8.50. The van der Waals surface area contributed by atoms with Crippen LogP contribution in [0.1, 0.15) is 13.0 Å². The Balaban J connectivity index is 2.41. The van der Waals surface area contributed by atoms with Crippen molar-refractivity contribution in [1.29, 1.82) is 0 Å².